The normalized spacial score (nSPS) is 11.7. The number of ether oxygens (including phenoxy) is 1. The summed E-state index contributed by atoms with van der Waals surface area (Å²) in [5, 5.41) is 6.61. The van der Waals surface area contributed by atoms with E-state index in [9.17, 15) is 18.8 Å². The zero-order valence-electron chi connectivity index (χ0n) is 15.0. The van der Waals surface area contributed by atoms with Crippen molar-refractivity contribution in [2.24, 2.45) is 0 Å². The number of aromatic nitrogens is 2. The van der Waals surface area contributed by atoms with Crippen molar-refractivity contribution >= 4 is 23.6 Å². The lowest BCUT2D eigenvalue weighted by Crippen LogP contribution is -2.44. The first-order valence-electron chi connectivity index (χ1n) is 8.15. The standard InChI is InChI=1S/C18H20FN3O4S/c1-26-18(25)15(9-10-27-2)20-16(23)11-22-17(24)8-7-14(21-22)12-5-3-4-6-13(12)19/h3-8,15H,9-11H2,1-2H3,(H,20,23)/t15-/m0/s1. The van der Waals surface area contributed by atoms with E-state index in [0.717, 1.165) is 4.68 Å². The molecule has 1 aromatic heterocycles. The molecule has 1 aromatic carbocycles. The van der Waals surface area contributed by atoms with E-state index >= 15 is 0 Å². The molecular weight excluding hydrogens is 373 g/mol. The van der Waals surface area contributed by atoms with Crippen LogP contribution in [0, 0.1) is 5.82 Å². The number of carbonyl (C=O) groups excluding carboxylic acids is 2. The van der Waals surface area contributed by atoms with Crippen LogP contribution in [0.5, 0.6) is 0 Å². The molecule has 9 heteroatoms. The van der Waals surface area contributed by atoms with Crippen LogP contribution in [0.2, 0.25) is 0 Å². The number of hydrogen-bond donors (Lipinski definition) is 1. The van der Waals surface area contributed by atoms with Gasteiger partial charge in [-0.2, -0.15) is 16.9 Å². The van der Waals surface area contributed by atoms with Gasteiger partial charge in [0, 0.05) is 11.6 Å². The van der Waals surface area contributed by atoms with Crippen LogP contribution >= 0.6 is 11.8 Å². The van der Waals surface area contributed by atoms with Crippen molar-refractivity contribution in [3.63, 3.8) is 0 Å². The van der Waals surface area contributed by atoms with Gasteiger partial charge in [-0.05, 0) is 36.6 Å². The molecule has 2 aromatic rings. The lowest BCUT2D eigenvalue weighted by molar-refractivity contribution is -0.145. The Hall–Kier alpha value is -2.68. The van der Waals surface area contributed by atoms with Gasteiger partial charge in [0.1, 0.15) is 18.4 Å². The van der Waals surface area contributed by atoms with Gasteiger partial charge in [0.05, 0.1) is 12.8 Å². The van der Waals surface area contributed by atoms with Crippen LogP contribution in [0.1, 0.15) is 6.42 Å². The minimum atomic E-state index is -0.805. The minimum absolute atomic E-state index is 0.221. The van der Waals surface area contributed by atoms with E-state index in [2.05, 4.69) is 15.2 Å². The molecule has 0 unspecified atom stereocenters. The fourth-order valence-electron chi connectivity index (χ4n) is 2.38. The predicted octanol–water partition coefficient (Wildman–Crippen LogP) is 1.46. The molecule has 7 nitrogen and oxygen atoms in total. The number of hydrogen-bond acceptors (Lipinski definition) is 6. The van der Waals surface area contributed by atoms with E-state index in [-0.39, 0.29) is 11.3 Å². The molecule has 1 amide bonds. The van der Waals surface area contributed by atoms with Crippen LogP contribution < -0.4 is 10.9 Å². The van der Waals surface area contributed by atoms with Gasteiger partial charge in [-0.15, -0.1) is 0 Å². The van der Waals surface area contributed by atoms with E-state index in [1.807, 2.05) is 6.26 Å². The average Bonchev–Trinajstić information content (AvgIpc) is 2.66. The summed E-state index contributed by atoms with van der Waals surface area (Å²) in [4.78, 5) is 36.1. The molecule has 0 bridgehead atoms. The Morgan fingerprint density at radius 1 is 1.30 bits per heavy atom. The molecule has 0 radical (unpaired) electrons. The van der Waals surface area contributed by atoms with Gasteiger partial charge >= 0.3 is 5.97 Å². The summed E-state index contributed by atoms with van der Waals surface area (Å²) in [6.45, 7) is -0.395. The Kier molecular flexibility index (Phi) is 7.54. The fourth-order valence-corrected chi connectivity index (χ4v) is 2.85. The van der Waals surface area contributed by atoms with Crippen molar-refractivity contribution in [2.45, 2.75) is 19.0 Å². The highest BCUT2D eigenvalue weighted by Gasteiger charge is 2.21. The van der Waals surface area contributed by atoms with E-state index in [4.69, 9.17) is 0 Å². The van der Waals surface area contributed by atoms with Crippen molar-refractivity contribution in [1.82, 2.24) is 15.1 Å². The van der Waals surface area contributed by atoms with Gasteiger partial charge in [-0.1, -0.05) is 12.1 Å². The Morgan fingerprint density at radius 3 is 2.70 bits per heavy atom. The molecule has 144 valence electrons. The molecule has 0 aliphatic carbocycles. The van der Waals surface area contributed by atoms with E-state index in [0.29, 0.717) is 12.2 Å². The first-order valence-corrected chi connectivity index (χ1v) is 9.55. The number of halogens is 1. The molecule has 2 rings (SSSR count). The average molecular weight is 393 g/mol. The molecular formula is C18H20FN3O4S. The summed E-state index contributed by atoms with van der Waals surface area (Å²) in [7, 11) is 1.24. The SMILES string of the molecule is COC(=O)[C@H](CCSC)NC(=O)Cn1nc(-c2ccccc2F)ccc1=O. The summed E-state index contributed by atoms with van der Waals surface area (Å²) in [5.41, 5.74) is -0.0598. The molecule has 1 heterocycles. The third-order valence-corrected chi connectivity index (χ3v) is 4.39. The maximum Gasteiger partial charge on any atom is 0.328 e. The number of carbonyl (C=O) groups is 2. The van der Waals surface area contributed by atoms with Gasteiger partial charge in [0.25, 0.3) is 5.56 Å². The molecule has 1 atom stereocenters. The van der Waals surface area contributed by atoms with Crippen LogP contribution in [0.4, 0.5) is 4.39 Å². The summed E-state index contributed by atoms with van der Waals surface area (Å²) in [5.74, 6) is -0.951. The molecule has 27 heavy (non-hydrogen) atoms. The zero-order valence-corrected chi connectivity index (χ0v) is 15.8. The molecule has 0 aliphatic rings. The smallest absolute Gasteiger partial charge is 0.328 e. The van der Waals surface area contributed by atoms with E-state index < -0.39 is 35.8 Å². The number of methoxy groups -OCH3 is 1. The van der Waals surface area contributed by atoms with Gasteiger partial charge in [-0.25, -0.2) is 13.9 Å². The van der Waals surface area contributed by atoms with Gasteiger partial charge in [-0.3, -0.25) is 9.59 Å². The van der Waals surface area contributed by atoms with Crippen LogP contribution in [-0.2, 0) is 20.9 Å². The monoisotopic (exact) mass is 393 g/mol. The second kappa shape index (κ2) is 9.86. The van der Waals surface area contributed by atoms with Gasteiger partial charge in [0.2, 0.25) is 5.91 Å². The van der Waals surface area contributed by atoms with E-state index in [1.54, 1.807) is 12.1 Å². The second-order valence-corrected chi connectivity index (χ2v) is 6.60. The number of nitrogens with zero attached hydrogens (tertiary/aromatic N) is 2. The first-order chi connectivity index (χ1) is 13.0. The van der Waals surface area contributed by atoms with Crippen molar-refractivity contribution in [2.75, 3.05) is 19.1 Å². The van der Waals surface area contributed by atoms with E-state index in [1.165, 1.54) is 43.1 Å². The predicted molar refractivity (Wildman–Crippen MR) is 101 cm³/mol. The van der Waals surface area contributed by atoms with Gasteiger partial charge in [0.15, 0.2) is 0 Å². The summed E-state index contributed by atoms with van der Waals surface area (Å²) >= 11 is 1.53. The zero-order chi connectivity index (χ0) is 19.8. The number of benzene rings is 1. The third-order valence-electron chi connectivity index (χ3n) is 3.74. The lowest BCUT2D eigenvalue weighted by Gasteiger charge is -2.16. The van der Waals surface area contributed by atoms with Crippen molar-refractivity contribution in [1.29, 1.82) is 0 Å². The lowest BCUT2D eigenvalue weighted by atomic mass is 10.1. The Labute approximate surface area is 159 Å². The Morgan fingerprint density at radius 2 is 2.04 bits per heavy atom. The first kappa shape index (κ1) is 20.6. The molecule has 0 saturated heterocycles. The van der Waals surface area contributed by atoms with Crippen LogP contribution in [0.3, 0.4) is 0 Å². The fraction of sp³-hybridized carbons (Fsp3) is 0.333. The maximum atomic E-state index is 13.9. The minimum Gasteiger partial charge on any atom is -0.467 e. The second-order valence-electron chi connectivity index (χ2n) is 5.62. The van der Waals surface area contributed by atoms with Crippen LogP contribution in [0.15, 0.2) is 41.2 Å². The number of nitrogens with one attached hydrogen (secondary N) is 1. The van der Waals surface area contributed by atoms with Crippen LogP contribution in [0.25, 0.3) is 11.3 Å². The third kappa shape index (κ3) is 5.65. The molecule has 0 fully saturated rings. The summed E-state index contributed by atoms with van der Waals surface area (Å²) in [6.07, 6.45) is 2.28. The van der Waals surface area contributed by atoms with Crippen molar-refractivity contribution in [3.05, 3.63) is 52.6 Å². The number of thioether (sulfide) groups is 1. The highest BCUT2D eigenvalue weighted by atomic mass is 32.2. The van der Waals surface area contributed by atoms with Gasteiger partial charge < -0.3 is 10.1 Å². The molecule has 0 saturated carbocycles. The highest BCUT2D eigenvalue weighted by Crippen LogP contribution is 2.18. The molecule has 1 N–H and O–H groups in total. The Bertz CT molecular complexity index is 872. The quantitative estimate of drug-likeness (QED) is 0.683. The summed E-state index contributed by atoms with van der Waals surface area (Å²) < 4.78 is 19.5. The number of esters is 1. The highest BCUT2D eigenvalue weighted by molar-refractivity contribution is 7.98. The van der Waals surface area contributed by atoms with Crippen molar-refractivity contribution in [3.8, 4) is 11.3 Å². The van der Waals surface area contributed by atoms with Crippen LogP contribution in [-0.4, -0.2) is 46.8 Å². The number of amides is 1. The largest absolute Gasteiger partial charge is 0.467 e. The van der Waals surface area contributed by atoms with Crippen molar-refractivity contribution < 1.29 is 18.7 Å². The maximum absolute atomic E-state index is 13.9. The number of rotatable bonds is 8. The topological polar surface area (TPSA) is 90.3 Å². The molecule has 0 aliphatic heterocycles. The summed E-state index contributed by atoms with van der Waals surface area (Å²) in [6, 6.07) is 7.81. The Balaban J connectivity index is 2.17. The molecule has 0 spiro atoms.